The average Bonchev–Trinajstić information content (AvgIpc) is 3.92. The van der Waals surface area contributed by atoms with Gasteiger partial charge in [0.15, 0.2) is 17.5 Å². The van der Waals surface area contributed by atoms with Gasteiger partial charge in [-0.3, -0.25) is 0 Å². The van der Waals surface area contributed by atoms with Crippen molar-refractivity contribution < 1.29 is 0 Å². The van der Waals surface area contributed by atoms with Crippen LogP contribution in [0.1, 0.15) is 0 Å². The molecule has 0 aliphatic carbocycles. The lowest BCUT2D eigenvalue weighted by molar-refractivity contribution is 1.07. The topological polar surface area (TPSA) is 48.5 Å². The van der Waals surface area contributed by atoms with E-state index >= 15 is 0 Å². The molecule has 0 radical (unpaired) electrons. The van der Waals surface area contributed by atoms with Crippen molar-refractivity contribution in [3.8, 4) is 45.5 Å². The molecule has 0 fully saturated rings. The molecule has 0 saturated heterocycles. The molecule has 0 spiro atoms. The summed E-state index contributed by atoms with van der Waals surface area (Å²) in [6.07, 6.45) is 0. The molecule has 0 atom stereocenters. The van der Waals surface area contributed by atoms with Crippen LogP contribution < -0.4 is 0 Å². The Kier molecular flexibility index (Phi) is 8.29. The molecular weight excluding hydrogens is 851 g/mol. The molecule has 3 heterocycles. The highest BCUT2D eigenvalue weighted by Crippen LogP contribution is 2.43. The van der Waals surface area contributed by atoms with Gasteiger partial charge in [-0.2, -0.15) is 0 Å². The van der Waals surface area contributed by atoms with Crippen LogP contribution in [-0.4, -0.2) is 24.1 Å². The third-order valence-corrected chi connectivity index (χ3v) is 14.5. The van der Waals surface area contributed by atoms with E-state index in [9.17, 15) is 0 Å². The van der Waals surface area contributed by atoms with E-state index in [0.717, 1.165) is 71.4 Å². The minimum atomic E-state index is 0.612. The lowest BCUT2D eigenvalue weighted by Gasteiger charge is -2.18. The third-order valence-electron chi connectivity index (χ3n) is 14.5. The lowest BCUT2D eigenvalue weighted by atomic mass is 9.96. The van der Waals surface area contributed by atoms with Crippen molar-refractivity contribution >= 4 is 97.5 Å². The fourth-order valence-electron chi connectivity index (χ4n) is 11.3. The summed E-state index contributed by atoms with van der Waals surface area (Å²) in [4.78, 5) is 16.3. The van der Waals surface area contributed by atoms with Crippen LogP contribution in [0.2, 0.25) is 0 Å². The van der Waals surface area contributed by atoms with Crippen molar-refractivity contribution in [2.45, 2.75) is 0 Å². The van der Waals surface area contributed by atoms with Crippen LogP contribution in [-0.2, 0) is 0 Å². The second kappa shape index (κ2) is 15.0. The largest absolute Gasteiger partial charge is 0.309 e. The Balaban J connectivity index is 1.01. The quantitative estimate of drug-likeness (QED) is 0.162. The van der Waals surface area contributed by atoms with Crippen LogP contribution in [0.25, 0.3) is 143 Å². The molecule has 0 aliphatic rings. The van der Waals surface area contributed by atoms with Gasteiger partial charge in [0.2, 0.25) is 0 Å². The molecule has 5 heteroatoms. The molecule has 0 unspecified atom stereocenters. The second-order valence-electron chi connectivity index (χ2n) is 18.4. The van der Waals surface area contributed by atoms with Gasteiger partial charge >= 0.3 is 0 Å². The number of aromatic nitrogens is 5. The Bertz CT molecular complexity index is 4660. The molecule has 12 aromatic carbocycles. The number of benzene rings is 12. The van der Waals surface area contributed by atoms with Crippen LogP contribution in [0, 0.1) is 0 Å². The van der Waals surface area contributed by atoms with Gasteiger partial charge in [-0.1, -0.05) is 176 Å². The second-order valence-corrected chi connectivity index (χ2v) is 18.4. The van der Waals surface area contributed by atoms with Crippen molar-refractivity contribution in [1.29, 1.82) is 0 Å². The molecule has 70 heavy (non-hydrogen) atoms. The van der Waals surface area contributed by atoms with Crippen LogP contribution in [0.15, 0.2) is 237 Å². The van der Waals surface area contributed by atoms with Gasteiger partial charge in [0.1, 0.15) is 0 Å². The van der Waals surface area contributed by atoms with Gasteiger partial charge in [-0.25, -0.2) is 15.0 Å². The summed E-state index contributed by atoms with van der Waals surface area (Å²) in [5, 5.41) is 16.4. The Morgan fingerprint density at radius 3 is 1.53 bits per heavy atom. The van der Waals surface area contributed by atoms with Crippen LogP contribution >= 0.6 is 0 Å². The first-order valence-electron chi connectivity index (χ1n) is 23.8. The van der Waals surface area contributed by atoms with Gasteiger partial charge in [0.25, 0.3) is 0 Å². The number of para-hydroxylation sites is 2. The molecule has 0 aliphatic heterocycles. The summed E-state index contributed by atoms with van der Waals surface area (Å²) in [6, 6.07) is 85.3. The average molecular weight is 890 g/mol. The molecule has 15 rings (SSSR count). The van der Waals surface area contributed by atoms with E-state index in [-0.39, 0.29) is 0 Å². The van der Waals surface area contributed by atoms with Gasteiger partial charge in [0, 0.05) is 38.4 Å². The minimum absolute atomic E-state index is 0.612. The predicted molar refractivity (Wildman–Crippen MR) is 292 cm³/mol. The van der Waals surface area contributed by atoms with Gasteiger partial charge in [-0.05, 0) is 115 Å². The summed E-state index contributed by atoms with van der Waals surface area (Å²) in [7, 11) is 0. The summed E-state index contributed by atoms with van der Waals surface area (Å²) >= 11 is 0. The predicted octanol–water partition coefficient (Wildman–Crippen LogP) is 16.8. The fourth-order valence-corrected chi connectivity index (χ4v) is 11.3. The Morgan fingerprint density at radius 1 is 0.257 bits per heavy atom. The maximum absolute atomic E-state index is 5.56. The van der Waals surface area contributed by atoms with E-state index in [1.807, 2.05) is 18.2 Å². The number of rotatable bonds is 5. The molecule has 3 aromatic heterocycles. The van der Waals surface area contributed by atoms with Crippen molar-refractivity contribution in [2.24, 2.45) is 0 Å². The molecule has 0 bridgehead atoms. The number of fused-ring (bicyclic) bond motifs is 12. The summed E-state index contributed by atoms with van der Waals surface area (Å²) in [5.41, 5.74) is 9.54. The first-order chi connectivity index (χ1) is 34.7. The van der Waals surface area contributed by atoms with Gasteiger partial charge in [-0.15, -0.1) is 0 Å². The van der Waals surface area contributed by atoms with Crippen LogP contribution in [0.4, 0.5) is 0 Å². The summed E-state index contributed by atoms with van der Waals surface area (Å²) < 4.78 is 4.86. The van der Waals surface area contributed by atoms with Crippen molar-refractivity contribution in [2.75, 3.05) is 0 Å². The molecule has 0 N–H and O–H groups in total. The van der Waals surface area contributed by atoms with Crippen molar-refractivity contribution in [1.82, 2.24) is 24.1 Å². The lowest BCUT2D eigenvalue weighted by Crippen LogP contribution is -2.04. The highest BCUT2D eigenvalue weighted by molar-refractivity contribution is 6.17. The Morgan fingerprint density at radius 2 is 0.771 bits per heavy atom. The van der Waals surface area contributed by atoms with Crippen molar-refractivity contribution in [3.63, 3.8) is 0 Å². The Hall–Kier alpha value is -9.45. The number of hydrogen-bond acceptors (Lipinski definition) is 3. The molecule has 0 amide bonds. The molecule has 324 valence electrons. The van der Waals surface area contributed by atoms with Crippen LogP contribution in [0.3, 0.4) is 0 Å². The highest BCUT2D eigenvalue weighted by Gasteiger charge is 2.23. The monoisotopic (exact) mass is 889 g/mol. The Labute approximate surface area is 401 Å². The zero-order valence-electron chi connectivity index (χ0n) is 37.8. The first-order valence-corrected chi connectivity index (χ1v) is 23.8. The number of hydrogen-bond donors (Lipinski definition) is 0. The highest BCUT2D eigenvalue weighted by atomic mass is 15.1. The maximum Gasteiger partial charge on any atom is 0.166 e. The van der Waals surface area contributed by atoms with Crippen molar-refractivity contribution in [3.05, 3.63) is 237 Å². The smallest absolute Gasteiger partial charge is 0.166 e. The molecular formula is C65H39N5. The maximum atomic E-state index is 5.56. The van der Waals surface area contributed by atoms with Crippen LogP contribution in [0.5, 0.6) is 0 Å². The summed E-state index contributed by atoms with van der Waals surface area (Å²) in [5.74, 6) is 1.86. The minimum Gasteiger partial charge on any atom is -0.309 e. The zero-order valence-corrected chi connectivity index (χ0v) is 37.8. The molecule has 5 nitrogen and oxygen atoms in total. The SMILES string of the molecule is c1ccc(-c2nc(-c3c(-n4c5ccccc5c5cc6ccc(-n7c8ccccc8c8cc9ccccc9cc87)cc6cc54)ccc4ccccc34)nc(-c3cc4ccccc4c4ccccc34)n2)cc1. The summed E-state index contributed by atoms with van der Waals surface area (Å²) in [6.45, 7) is 0. The van der Waals surface area contributed by atoms with E-state index in [1.165, 1.54) is 54.1 Å². The van der Waals surface area contributed by atoms with E-state index in [2.05, 4.69) is 228 Å². The molecule has 15 aromatic rings. The fraction of sp³-hybridized carbons (Fsp3) is 0. The number of nitrogens with zero attached hydrogens (tertiary/aromatic N) is 5. The zero-order chi connectivity index (χ0) is 45.9. The van der Waals surface area contributed by atoms with E-state index in [4.69, 9.17) is 15.0 Å². The normalized spacial score (nSPS) is 12.0. The van der Waals surface area contributed by atoms with E-state index < -0.39 is 0 Å². The third kappa shape index (κ3) is 5.82. The standard InChI is InChI=1S/C65H39N5/c1-2-17-41(18-3-1)63-66-64(56-37-45-21-7-8-22-48(45)50-24-10-11-25-51(50)56)68-65(67-63)62-49-23-9-6-16-40(49)31-33-59(62)70-58-29-15-13-27-53(58)55-36-44-30-32-47(34-46(44)39-61(55)70)69-57-28-14-12-26-52(57)54-35-42-19-4-5-20-43(42)38-60(54)69/h1-39H. The van der Waals surface area contributed by atoms with Gasteiger partial charge in [0.05, 0.1) is 33.3 Å². The van der Waals surface area contributed by atoms with Gasteiger partial charge < -0.3 is 9.13 Å². The molecule has 0 saturated carbocycles. The first kappa shape index (κ1) is 38.6. The van der Waals surface area contributed by atoms with E-state index in [0.29, 0.717) is 17.5 Å². The van der Waals surface area contributed by atoms with E-state index in [1.54, 1.807) is 0 Å².